The Morgan fingerprint density at radius 3 is 2.26 bits per heavy atom. The van der Waals surface area contributed by atoms with Crippen LogP contribution in [-0.2, 0) is 16.3 Å². The van der Waals surface area contributed by atoms with E-state index in [1.807, 2.05) is 6.07 Å². The van der Waals surface area contributed by atoms with Crippen molar-refractivity contribution in [2.75, 3.05) is 39.5 Å². The summed E-state index contributed by atoms with van der Waals surface area (Å²) in [6.45, 7) is 4.41. The molecule has 0 aromatic heterocycles. The number of rotatable bonds is 4. The maximum atomic E-state index is 11.8. The van der Waals surface area contributed by atoms with Crippen LogP contribution in [-0.4, -0.2) is 63.7 Å². The molecular formula is C23H26Cl2N2O3S. The van der Waals surface area contributed by atoms with Gasteiger partial charge in [-0.25, -0.2) is 8.42 Å². The lowest BCUT2D eigenvalue weighted by molar-refractivity contribution is 0.0863. The van der Waals surface area contributed by atoms with E-state index in [9.17, 15) is 8.42 Å². The van der Waals surface area contributed by atoms with Crippen LogP contribution in [0.1, 0.15) is 17.2 Å². The zero-order chi connectivity index (χ0) is 21.9. The zero-order valence-electron chi connectivity index (χ0n) is 17.6. The summed E-state index contributed by atoms with van der Waals surface area (Å²) in [7, 11) is -1.05. The Morgan fingerprint density at radius 2 is 1.65 bits per heavy atom. The van der Waals surface area contributed by atoms with E-state index in [1.54, 1.807) is 30.3 Å². The van der Waals surface area contributed by atoms with Crippen molar-refractivity contribution in [3.63, 3.8) is 0 Å². The Balaban J connectivity index is 1.45. The molecule has 1 aliphatic carbocycles. The number of hydrogen-bond acceptors (Lipinski definition) is 5. The molecule has 5 nitrogen and oxygen atoms in total. The maximum absolute atomic E-state index is 11.8. The van der Waals surface area contributed by atoms with E-state index >= 15 is 0 Å². The van der Waals surface area contributed by atoms with Gasteiger partial charge in [-0.05, 0) is 67.3 Å². The lowest BCUT2D eigenvalue weighted by Gasteiger charge is -2.31. The fraction of sp³-hybridized carbons (Fsp3) is 0.478. The second-order valence-corrected chi connectivity index (χ2v) is 12.1. The number of benzene rings is 2. The number of halogens is 2. The molecule has 0 amide bonds. The van der Waals surface area contributed by atoms with Crippen LogP contribution in [0.5, 0.6) is 5.75 Å². The van der Waals surface area contributed by atoms with Crippen molar-refractivity contribution in [3.05, 3.63) is 57.6 Å². The maximum Gasteiger partial charge on any atom is 0.175 e. The summed E-state index contributed by atoms with van der Waals surface area (Å²) in [4.78, 5) is 5.26. The van der Waals surface area contributed by atoms with Gasteiger partial charge < -0.3 is 9.64 Å². The van der Waals surface area contributed by atoms with Crippen molar-refractivity contribution < 1.29 is 13.2 Å². The number of sulfone groups is 1. The average molecular weight is 481 g/mol. The summed E-state index contributed by atoms with van der Waals surface area (Å²) >= 11 is 12.9. The molecule has 0 saturated carbocycles. The molecule has 2 aromatic carbocycles. The lowest BCUT2D eigenvalue weighted by atomic mass is 10.0. The van der Waals surface area contributed by atoms with Gasteiger partial charge in [-0.3, -0.25) is 4.90 Å². The van der Waals surface area contributed by atoms with Crippen LogP contribution in [0.2, 0.25) is 10.0 Å². The molecule has 0 spiro atoms. The number of ether oxygens (including phenoxy) is 1. The molecule has 2 heterocycles. The first-order valence-corrected chi connectivity index (χ1v) is 13.2. The molecule has 3 aliphatic rings. The highest BCUT2D eigenvalue weighted by Gasteiger charge is 2.46. The van der Waals surface area contributed by atoms with Gasteiger partial charge in [0.1, 0.15) is 11.9 Å². The third-order valence-electron chi connectivity index (χ3n) is 6.95. The largest absolute Gasteiger partial charge is 0.484 e. The van der Waals surface area contributed by atoms with Crippen LogP contribution in [0.25, 0.3) is 0 Å². The molecule has 2 aromatic rings. The predicted octanol–water partition coefficient (Wildman–Crippen LogP) is 3.94. The standard InChI is InChI=1S/C23H26Cl2N2O3S/c1-26-10-14-12-27(13-15(14)11-26)22-9-19-20(7-16(24)8-21(19)25)23(22)30-17-3-5-18(6-4-17)31(2,28)29/h3-8,14-15,22-23H,9-13H2,1-2H3/t14-,15-,22+,23+/m0/s1. The van der Waals surface area contributed by atoms with E-state index in [1.165, 1.54) is 6.26 Å². The molecule has 2 saturated heterocycles. The van der Waals surface area contributed by atoms with E-state index in [0.29, 0.717) is 27.6 Å². The first-order valence-electron chi connectivity index (χ1n) is 10.6. The van der Waals surface area contributed by atoms with Crippen LogP contribution in [0.3, 0.4) is 0 Å². The highest BCUT2D eigenvalue weighted by Crippen LogP contribution is 2.45. The van der Waals surface area contributed by atoms with Crippen molar-refractivity contribution in [1.82, 2.24) is 9.80 Å². The smallest absolute Gasteiger partial charge is 0.175 e. The van der Waals surface area contributed by atoms with Gasteiger partial charge in [-0.2, -0.15) is 0 Å². The van der Waals surface area contributed by atoms with Crippen molar-refractivity contribution in [2.24, 2.45) is 11.8 Å². The Bertz CT molecular complexity index is 1090. The number of likely N-dealkylation sites (tertiary alicyclic amines) is 2. The van der Waals surface area contributed by atoms with Gasteiger partial charge in [0.15, 0.2) is 9.84 Å². The minimum Gasteiger partial charge on any atom is -0.484 e. The van der Waals surface area contributed by atoms with Crippen molar-refractivity contribution in [2.45, 2.75) is 23.5 Å². The van der Waals surface area contributed by atoms with Crippen LogP contribution in [0.4, 0.5) is 0 Å². The van der Waals surface area contributed by atoms with Crippen LogP contribution >= 0.6 is 23.2 Å². The quantitative estimate of drug-likeness (QED) is 0.663. The average Bonchev–Trinajstić information content (AvgIpc) is 3.33. The summed E-state index contributed by atoms with van der Waals surface area (Å²) in [5, 5.41) is 1.29. The first-order chi connectivity index (χ1) is 14.7. The van der Waals surface area contributed by atoms with Crippen LogP contribution in [0.15, 0.2) is 41.3 Å². The van der Waals surface area contributed by atoms with Gasteiger partial charge in [0.2, 0.25) is 0 Å². The SMILES string of the molecule is CN1C[C@H]2CN([C@@H]3Cc4c(Cl)cc(Cl)cc4[C@H]3Oc3ccc(S(C)(=O)=O)cc3)C[C@@H]2C1. The van der Waals surface area contributed by atoms with E-state index in [-0.39, 0.29) is 17.0 Å². The lowest BCUT2D eigenvalue weighted by Crippen LogP contribution is -2.40. The summed E-state index contributed by atoms with van der Waals surface area (Å²) < 4.78 is 30.1. The fourth-order valence-electron chi connectivity index (χ4n) is 5.53. The van der Waals surface area contributed by atoms with Crippen molar-refractivity contribution >= 4 is 33.0 Å². The highest BCUT2D eigenvalue weighted by molar-refractivity contribution is 7.90. The molecule has 166 valence electrons. The van der Waals surface area contributed by atoms with Gasteiger partial charge in [0, 0.05) is 48.0 Å². The third kappa shape index (κ3) is 4.09. The number of hydrogen-bond donors (Lipinski definition) is 0. The molecule has 0 radical (unpaired) electrons. The summed E-state index contributed by atoms with van der Waals surface area (Å²) in [6.07, 6.45) is 1.83. The molecule has 5 rings (SSSR count). The summed E-state index contributed by atoms with van der Waals surface area (Å²) in [5.74, 6) is 2.04. The Kier molecular flexibility index (Phi) is 5.50. The van der Waals surface area contributed by atoms with Gasteiger partial charge >= 0.3 is 0 Å². The molecule has 0 unspecified atom stereocenters. The molecule has 0 N–H and O–H groups in total. The predicted molar refractivity (Wildman–Crippen MR) is 123 cm³/mol. The van der Waals surface area contributed by atoms with Crippen molar-refractivity contribution in [3.8, 4) is 5.75 Å². The third-order valence-corrected chi connectivity index (χ3v) is 8.63. The zero-order valence-corrected chi connectivity index (χ0v) is 19.9. The highest BCUT2D eigenvalue weighted by atomic mass is 35.5. The Labute approximate surface area is 193 Å². The Hall–Kier alpha value is -1.31. The molecule has 31 heavy (non-hydrogen) atoms. The van der Waals surface area contributed by atoms with E-state index in [0.717, 1.165) is 43.7 Å². The molecule has 2 aliphatic heterocycles. The number of nitrogens with zero attached hydrogens (tertiary/aromatic N) is 2. The van der Waals surface area contributed by atoms with Gasteiger partial charge in [0.25, 0.3) is 0 Å². The number of fused-ring (bicyclic) bond motifs is 2. The minimum absolute atomic E-state index is 0.177. The first kappa shape index (κ1) is 21.5. The fourth-order valence-corrected chi connectivity index (χ4v) is 6.74. The van der Waals surface area contributed by atoms with Crippen molar-refractivity contribution in [1.29, 1.82) is 0 Å². The van der Waals surface area contributed by atoms with Gasteiger partial charge in [0.05, 0.1) is 10.9 Å². The monoisotopic (exact) mass is 480 g/mol. The van der Waals surface area contributed by atoms with Crippen LogP contribution in [0, 0.1) is 11.8 Å². The van der Waals surface area contributed by atoms with E-state index < -0.39 is 9.84 Å². The van der Waals surface area contributed by atoms with Crippen LogP contribution < -0.4 is 4.74 Å². The molecule has 8 heteroatoms. The molecule has 4 atom stereocenters. The van der Waals surface area contributed by atoms with E-state index in [2.05, 4.69) is 16.8 Å². The molecule has 0 bridgehead atoms. The normalized spacial score (nSPS) is 28.6. The minimum atomic E-state index is -3.25. The molecular weight excluding hydrogens is 455 g/mol. The van der Waals surface area contributed by atoms with Gasteiger partial charge in [-0.15, -0.1) is 0 Å². The van der Waals surface area contributed by atoms with E-state index in [4.69, 9.17) is 27.9 Å². The second-order valence-electron chi connectivity index (χ2n) is 9.20. The van der Waals surface area contributed by atoms with Gasteiger partial charge in [-0.1, -0.05) is 23.2 Å². The molecule has 2 fully saturated rings. The second kappa shape index (κ2) is 7.92. The Morgan fingerprint density at radius 1 is 1.00 bits per heavy atom. The summed E-state index contributed by atoms with van der Waals surface area (Å²) in [5.41, 5.74) is 2.13. The topological polar surface area (TPSA) is 49.9 Å². The summed E-state index contributed by atoms with van der Waals surface area (Å²) in [6, 6.07) is 10.6.